The highest BCUT2D eigenvalue weighted by molar-refractivity contribution is 7.92. The molecule has 2 rings (SSSR count). The van der Waals surface area contributed by atoms with Gasteiger partial charge < -0.3 is 4.74 Å². The van der Waals surface area contributed by atoms with Crippen LogP contribution in [0.25, 0.3) is 0 Å². The average Bonchev–Trinajstić information content (AvgIpc) is 2.45. The van der Waals surface area contributed by atoms with Crippen molar-refractivity contribution in [3.8, 4) is 5.75 Å². The predicted molar refractivity (Wildman–Crippen MR) is 80.0 cm³/mol. The lowest BCUT2D eigenvalue weighted by Crippen LogP contribution is -2.19. The van der Waals surface area contributed by atoms with Crippen molar-refractivity contribution in [3.05, 3.63) is 54.1 Å². The van der Waals surface area contributed by atoms with E-state index in [1.54, 1.807) is 12.1 Å². The van der Waals surface area contributed by atoms with Crippen LogP contribution in [0, 0.1) is 6.92 Å². The number of hydrogen-bond donors (Lipinski definition) is 1. The summed E-state index contributed by atoms with van der Waals surface area (Å²) < 4.78 is 67.7. The second-order valence-corrected chi connectivity index (χ2v) is 6.53. The lowest BCUT2D eigenvalue weighted by atomic mass is 10.2. The van der Waals surface area contributed by atoms with Gasteiger partial charge in [-0.1, -0.05) is 23.8 Å². The van der Waals surface area contributed by atoms with Gasteiger partial charge in [0.2, 0.25) is 0 Å². The summed E-state index contributed by atoms with van der Waals surface area (Å²) in [5.41, 5.74) is 1.02. The molecule has 0 saturated heterocycles. The Morgan fingerprint density at radius 2 is 1.74 bits per heavy atom. The summed E-state index contributed by atoms with van der Waals surface area (Å²) in [6.45, 7) is 0.381. The maximum atomic E-state index is 12.2. The molecule has 2 aromatic rings. The molecule has 0 bridgehead atoms. The molecule has 2 aromatic carbocycles. The predicted octanol–water partition coefficient (Wildman–Crippen LogP) is 3.74. The topological polar surface area (TPSA) is 55.4 Å². The van der Waals surface area contributed by atoms with E-state index >= 15 is 0 Å². The summed E-state index contributed by atoms with van der Waals surface area (Å²) in [6.07, 6.45) is -4.46. The summed E-state index contributed by atoms with van der Waals surface area (Å²) >= 11 is 0. The fourth-order valence-corrected chi connectivity index (χ4v) is 2.80. The lowest BCUT2D eigenvalue weighted by molar-refractivity contribution is -0.153. The van der Waals surface area contributed by atoms with Crippen LogP contribution in [0.4, 0.5) is 18.9 Å². The summed E-state index contributed by atoms with van der Waals surface area (Å²) in [7, 11) is -3.82. The van der Waals surface area contributed by atoms with E-state index < -0.39 is 22.8 Å². The second-order valence-electron chi connectivity index (χ2n) is 4.85. The van der Waals surface area contributed by atoms with E-state index in [1.165, 1.54) is 36.4 Å². The summed E-state index contributed by atoms with van der Waals surface area (Å²) in [5.74, 6) is -0.0774. The molecule has 23 heavy (non-hydrogen) atoms. The normalized spacial score (nSPS) is 12.0. The zero-order valence-corrected chi connectivity index (χ0v) is 12.9. The third kappa shape index (κ3) is 5.17. The number of ether oxygens (including phenoxy) is 1. The van der Waals surface area contributed by atoms with Crippen molar-refractivity contribution in [2.75, 3.05) is 11.3 Å². The van der Waals surface area contributed by atoms with Crippen LogP contribution in [0.2, 0.25) is 0 Å². The lowest BCUT2D eigenvalue weighted by Gasteiger charge is -2.12. The van der Waals surface area contributed by atoms with E-state index in [0.29, 0.717) is 0 Å². The maximum absolute atomic E-state index is 12.2. The first-order valence-corrected chi connectivity index (χ1v) is 8.03. The minimum absolute atomic E-state index is 0.0599. The van der Waals surface area contributed by atoms with Crippen LogP contribution in [-0.4, -0.2) is 21.2 Å². The van der Waals surface area contributed by atoms with Gasteiger partial charge >= 0.3 is 6.18 Å². The quantitative estimate of drug-likeness (QED) is 0.898. The first-order chi connectivity index (χ1) is 10.7. The monoisotopic (exact) mass is 345 g/mol. The van der Waals surface area contributed by atoms with Gasteiger partial charge in [0.05, 0.1) is 10.6 Å². The van der Waals surface area contributed by atoms with E-state index in [4.69, 9.17) is 0 Å². The number of halogens is 3. The summed E-state index contributed by atoms with van der Waals surface area (Å²) in [5, 5.41) is 0. The summed E-state index contributed by atoms with van der Waals surface area (Å²) in [4.78, 5) is 0.0599. The largest absolute Gasteiger partial charge is 0.484 e. The Bertz CT molecular complexity index is 771. The molecule has 0 aliphatic carbocycles. The van der Waals surface area contributed by atoms with Crippen LogP contribution in [0.3, 0.4) is 0 Å². The van der Waals surface area contributed by atoms with Crippen LogP contribution in [0.5, 0.6) is 5.75 Å². The molecule has 0 spiro atoms. The van der Waals surface area contributed by atoms with Gasteiger partial charge in [-0.05, 0) is 31.2 Å². The number of rotatable bonds is 5. The number of alkyl halides is 3. The number of anilines is 1. The van der Waals surface area contributed by atoms with Gasteiger partial charge in [-0.2, -0.15) is 13.2 Å². The molecule has 0 saturated carbocycles. The minimum Gasteiger partial charge on any atom is -0.484 e. The van der Waals surface area contributed by atoms with Crippen LogP contribution in [0.15, 0.2) is 53.4 Å². The molecule has 0 fully saturated rings. The maximum Gasteiger partial charge on any atom is 0.422 e. The van der Waals surface area contributed by atoms with Crippen molar-refractivity contribution in [2.24, 2.45) is 0 Å². The van der Waals surface area contributed by atoms with Crippen molar-refractivity contribution in [1.29, 1.82) is 0 Å². The van der Waals surface area contributed by atoms with E-state index in [0.717, 1.165) is 5.56 Å². The van der Waals surface area contributed by atoms with Gasteiger partial charge in [-0.25, -0.2) is 8.42 Å². The smallest absolute Gasteiger partial charge is 0.422 e. The zero-order chi connectivity index (χ0) is 17.1. The average molecular weight is 345 g/mol. The Hall–Kier alpha value is -2.22. The molecule has 4 nitrogen and oxygen atoms in total. The van der Waals surface area contributed by atoms with Crippen molar-refractivity contribution in [3.63, 3.8) is 0 Å². The second kappa shape index (κ2) is 6.49. The van der Waals surface area contributed by atoms with Crippen LogP contribution in [0.1, 0.15) is 5.56 Å². The Kier molecular flexibility index (Phi) is 4.84. The third-order valence-corrected chi connectivity index (χ3v) is 4.22. The minimum atomic E-state index is -4.46. The van der Waals surface area contributed by atoms with Gasteiger partial charge in [0.25, 0.3) is 10.0 Å². The number of hydrogen-bond acceptors (Lipinski definition) is 3. The highest BCUT2D eigenvalue weighted by Gasteiger charge is 2.28. The molecule has 0 atom stereocenters. The molecule has 0 radical (unpaired) electrons. The Balaban J connectivity index is 2.15. The van der Waals surface area contributed by atoms with Crippen molar-refractivity contribution >= 4 is 15.7 Å². The zero-order valence-electron chi connectivity index (χ0n) is 12.1. The van der Waals surface area contributed by atoms with Gasteiger partial charge in [0.1, 0.15) is 5.75 Å². The number of aryl methyl sites for hydroxylation is 1. The molecule has 0 amide bonds. The standard InChI is InChI=1S/C15H14F3NO3S/c1-11-5-7-14(8-6-11)23(20,21)19-12-3-2-4-13(9-12)22-10-15(16,17)18/h2-9,19H,10H2,1H3. The Morgan fingerprint density at radius 3 is 2.35 bits per heavy atom. The molecule has 0 aliphatic heterocycles. The molecule has 0 unspecified atom stereocenters. The van der Waals surface area contributed by atoms with Gasteiger partial charge in [-0.3, -0.25) is 4.72 Å². The van der Waals surface area contributed by atoms with Crippen LogP contribution >= 0.6 is 0 Å². The highest BCUT2D eigenvalue weighted by Crippen LogP contribution is 2.23. The molecule has 8 heteroatoms. The Labute approximate surface area is 132 Å². The van der Waals surface area contributed by atoms with Gasteiger partial charge in [-0.15, -0.1) is 0 Å². The number of sulfonamides is 1. The van der Waals surface area contributed by atoms with E-state index in [-0.39, 0.29) is 16.3 Å². The fourth-order valence-electron chi connectivity index (χ4n) is 1.75. The van der Waals surface area contributed by atoms with Gasteiger partial charge in [0, 0.05) is 6.07 Å². The molecule has 0 aromatic heterocycles. The van der Waals surface area contributed by atoms with Crippen molar-refractivity contribution in [2.45, 2.75) is 18.0 Å². The van der Waals surface area contributed by atoms with E-state index in [2.05, 4.69) is 9.46 Å². The molecule has 0 aliphatic rings. The Morgan fingerprint density at radius 1 is 1.09 bits per heavy atom. The molecular formula is C15H14F3NO3S. The first-order valence-electron chi connectivity index (χ1n) is 6.55. The van der Waals surface area contributed by atoms with E-state index in [1.807, 2.05) is 6.92 Å². The highest BCUT2D eigenvalue weighted by atomic mass is 32.2. The first kappa shape index (κ1) is 17.1. The van der Waals surface area contributed by atoms with Gasteiger partial charge in [0.15, 0.2) is 6.61 Å². The number of nitrogens with one attached hydrogen (secondary N) is 1. The van der Waals surface area contributed by atoms with Crippen LogP contribution < -0.4 is 9.46 Å². The molecule has 0 heterocycles. The molecule has 124 valence electrons. The van der Waals surface area contributed by atoms with E-state index in [9.17, 15) is 21.6 Å². The van der Waals surface area contributed by atoms with Crippen molar-refractivity contribution in [1.82, 2.24) is 0 Å². The van der Waals surface area contributed by atoms with Crippen molar-refractivity contribution < 1.29 is 26.3 Å². The SMILES string of the molecule is Cc1ccc(S(=O)(=O)Nc2cccc(OCC(F)(F)F)c2)cc1. The fraction of sp³-hybridized carbons (Fsp3) is 0.200. The third-order valence-electron chi connectivity index (χ3n) is 2.82. The summed E-state index contributed by atoms with van der Waals surface area (Å²) in [6, 6.07) is 11.5. The number of benzene rings is 2. The van der Waals surface area contributed by atoms with Crippen LogP contribution in [-0.2, 0) is 10.0 Å². The molecular weight excluding hydrogens is 331 g/mol. The molecule has 1 N–H and O–H groups in total.